The zero-order chi connectivity index (χ0) is 4.83. The average Bonchev–Trinajstić information content (AvgIpc) is 1.61. The van der Waals surface area contributed by atoms with E-state index in [0.717, 1.165) is 6.42 Å². The maximum Gasteiger partial charge on any atom is 0.0232 e. The summed E-state index contributed by atoms with van der Waals surface area (Å²) in [5, 5.41) is 0. The summed E-state index contributed by atoms with van der Waals surface area (Å²) in [4.78, 5) is 0. The molecule has 0 aliphatic carbocycles. The van der Waals surface area contributed by atoms with Crippen molar-refractivity contribution in [3.63, 3.8) is 0 Å². The van der Waals surface area contributed by atoms with E-state index >= 15 is 0 Å². The molecule has 0 aliphatic rings. The summed E-state index contributed by atoms with van der Waals surface area (Å²) in [5.74, 6) is 2.88. The predicted octanol–water partition coefficient (Wildman–Crippen LogP) is 1.60. The molecular formula is C5H6Cl. The Bertz CT molecular complexity index is 51.4. The summed E-state index contributed by atoms with van der Waals surface area (Å²) < 4.78 is 0. The standard InChI is InChI=1S/C5H6Cl/c1-2-3-4-5-6/h3-5H2. The topological polar surface area (TPSA) is 0 Å². The third-order valence-corrected chi connectivity index (χ3v) is 0.703. The molecule has 0 spiro atoms. The summed E-state index contributed by atoms with van der Waals surface area (Å²) >= 11 is 5.26. The van der Waals surface area contributed by atoms with E-state index in [0.29, 0.717) is 12.3 Å². The zero-order valence-corrected chi connectivity index (χ0v) is 4.26. The van der Waals surface area contributed by atoms with Crippen LogP contribution in [-0.2, 0) is 0 Å². The van der Waals surface area contributed by atoms with Crippen LogP contribution < -0.4 is 0 Å². The largest absolute Gasteiger partial charge is 0.127 e. The van der Waals surface area contributed by atoms with Gasteiger partial charge in [0.1, 0.15) is 0 Å². The van der Waals surface area contributed by atoms with Crippen LogP contribution in [0.1, 0.15) is 12.8 Å². The molecule has 0 unspecified atom stereocenters. The highest BCUT2D eigenvalue weighted by molar-refractivity contribution is 6.17. The minimum Gasteiger partial charge on any atom is -0.127 e. The van der Waals surface area contributed by atoms with Crippen LogP contribution in [0, 0.1) is 12.3 Å². The number of unbranched alkanes of at least 4 members (excludes halogenated alkanes) is 1. The summed E-state index contributed by atoms with van der Waals surface area (Å²) in [5.41, 5.74) is 0. The maximum atomic E-state index is 6.40. The molecule has 0 nitrogen and oxygen atoms in total. The van der Waals surface area contributed by atoms with Gasteiger partial charge in [-0.25, -0.2) is 0 Å². The van der Waals surface area contributed by atoms with Crippen LogP contribution in [0.4, 0.5) is 0 Å². The van der Waals surface area contributed by atoms with Crippen LogP contribution >= 0.6 is 11.6 Å². The van der Waals surface area contributed by atoms with Gasteiger partial charge in [0.2, 0.25) is 0 Å². The Hall–Kier alpha value is -0.150. The highest BCUT2D eigenvalue weighted by Crippen LogP contribution is 1.86. The van der Waals surface area contributed by atoms with Gasteiger partial charge >= 0.3 is 0 Å². The van der Waals surface area contributed by atoms with Crippen molar-refractivity contribution in [3.8, 4) is 5.92 Å². The van der Waals surface area contributed by atoms with Crippen LogP contribution in [0.25, 0.3) is 0 Å². The minimum atomic E-state index is 0.645. The molecule has 0 aromatic rings. The molecule has 1 radical (unpaired) electrons. The Morgan fingerprint density at radius 3 is 2.50 bits per heavy atom. The van der Waals surface area contributed by atoms with Gasteiger partial charge in [-0.05, 0) is 12.8 Å². The fourth-order valence-corrected chi connectivity index (χ4v) is 0.289. The van der Waals surface area contributed by atoms with Gasteiger partial charge in [0.05, 0.1) is 0 Å². The fraction of sp³-hybridized carbons (Fsp3) is 0.600. The molecule has 0 atom stereocenters. The summed E-state index contributed by atoms with van der Waals surface area (Å²) in [6, 6.07) is 0. The van der Waals surface area contributed by atoms with Crippen LogP contribution in [0.3, 0.4) is 0 Å². The molecule has 0 N–H and O–H groups in total. The first-order valence-corrected chi connectivity index (χ1v) is 2.41. The fourth-order valence-electron chi connectivity index (χ4n) is 0.155. The Morgan fingerprint density at radius 1 is 1.67 bits per heavy atom. The van der Waals surface area contributed by atoms with Gasteiger partial charge in [-0.15, -0.1) is 11.6 Å². The SMILES string of the molecule is [C]#CCCCCl. The first kappa shape index (κ1) is 5.85. The van der Waals surface area contributed by atoms with Crippen LogP contribution in [0.5, 0.6) is 0 Å². The normalized spacial score (nSPS) is 7.33. The smallest absolute Gasteiger partial charge is 0.0232 e. The number of hydrogen-bond donors (Lipinski definition) is 0. The van der Waals surface area contributed by atoms with Crippen molar-refractivity contribution in [2.24, 2.45) is 0 Å². The second-order valence-electron chi connectivity index (χ2n) is 0.969. The van der Waals surface area contributed by atoms with Gasteiger partial charge in [-0.2, -0.15) is 0 Å². The molecule has 0 bridgehead atoms. The van der Waals surface area contributed by atoms with Crippen molar-refractivity contribution in [1.29, 1.82) is 0 Å². The van der Waals surface area contributed by atoms with Gasteiger partial charge in [-0.3, -0.25) is 0 Å². The zero-order valence-electron chi connectivity index (χ0n) is 3.50. The van der Waals surface area contributed by atoms with Crippen LogP contribution in [0.15, 0.2) is 0 Å². The molecule has 0 aliphatic heterocycles. The molecule has 0 fully saturated rings. The molecule has 0 heterocycles. The van der Waals surface area contributed by atoms with Crippen molar-refractivity contribution in [1.82, 2.24) is 0 Å². The molecule has 0 amide bonds. The lowest BCUT2D eigenvalue weighted by molar-refractivity contribution is 0.991. The first-order valence-electron chi connectivity index (χ1n) is 1.87. The predicted molar refractivity (Wildman–Crippen MR) is 27.1 cm³/mol. The third kappa shape index (κ3) is 3.85. The van der Waals surface area contributed by atoms with Crippen molar-refractivity contribution in [2.45, 2.75) is 12.8 Å². The Morgan fingerprint density at radius 2 is 2.33 bits per heavy atom. The lowest BCUT2D eigenvalue weighted by atomic mass is 10.4. The maximum absolute atomic E-state index is 6.40. The molecular weight excluding hydrogens is 95.5 g/mol. The summed E-state index contributed by atoms with van der Waals surface area (Å²) in [7, 11) is 0. The van der Waals surface area contributed by atoms with Crippen LogP contribution in [-0.4, -0.2) is 5.88 Å². The number of halogens is 1. The molecule has 0 rings (SSSR count). The van der Waals surface area contributed by atoms with Gasteiger partial charge in [0, 0.05) is 12.3 Å². The highest BCUT2D eigenvalue weighted by atomic mass is 35.5. The molecule has 1 heteroatoms. The number of hydrogen-bond acceptors (Lipinski definition) is 0. The van der Waals surface area contributed by atoms with E-state index in [-0.39, 0.29) is 0 Å². The molecule has 33 valence electrons. The van der Waals surface area contributed by atoms with Gasteiger partial charge in [0.15, 0.2) is 0 Å². The van der Waals surface area contributed by atoms with E-state index in [2.05, 4.69) is 5.92 Å². The van der Waals surface area contributed by atoms with Crippen molar-refractivity contribution in [2.75, 3.05) is 5.88 Å². The van der Waals surface area contributed by atoms with Crippen molar-refractivity contribution < 1.29 is 0 Å². The summed E-state index contributed by atoms with van der Waals surface area (Å²) in [6.45, 7) is 0. The second-order valence-corrected chi connectivity index (χ2v) is 1.35. The van der Waals surface area contributed by atoms with E-state index in [1.165, 1.54) is 0 Å². The highest BCUT2D eigenvalue weighted by Gasteiger charge is 1.73. The molecule has 6 heavy (non-hydrogen) atoms. The Balaban J connectivity index is 2.54. The lowest BCUT2D eigenvalue weighted by Gasteiger charge is -1.77. The summed E-state index contributed by atoms with van der Waals surface area (Å²) in [6.07, 6.45) is 7.98. The van der Waals surface area contributed by atoms with Gasteiger partial charge in [-0.1, -0.05) is 5.92 Å². The van der Waals surface area contributed by atoms with E-state index < -0.39 is 0 Å². The van der Waals surface area contributed by atoms with Crippen molar-refractivity contribution in [3.05, 3.63) is 6.42 Å². The Labute approximate surface area is 43.5 Å². The number of rotatable bonds is 2. The van der Waals surface area contributed by atoms with E-state index in [1.54, 1.807) is 0 Å². The molecule has 0 saturated heterocycles. The van der Waals surface area contributed by atoms with E-state index in [9.17, 15) is 0 Å². The molecule has 0 saturated carbocycles. The van der Waals surface area contributed by atoms with E-state index in [4.69, 9.17) is 18.0 Å². The lowest BCUT2D eigenvalue weighted by Crippen LogP contribution is -1.68. The number of alkyl halides is 1. The van der Waals surface area contributed by atoms with Crippen LogP contribution in [0.2, 0.25) is 0 Å². The Kier molecular flexibility index (Phi) is 4.73. The molecule has 0 aromatic carbocycles. The van der Waals surface area contributed by atoms with Crippen molar-refractivity contribution >= 4 is 11.6 Å². The van der Waals surface area contributed by atoms with E-state index in [1.807, 2.05) is 0 Å². The third-order valence-electron chi connectivity index (χ3n) is 0.435. The van der Waals surface area contributed by atoms with Gasteiger partial charge in [0.25, 0.3) is 0 Å². The monoisotopic (exact) mass is 101 g/mol. The average molecular weight is 102 g/mol. The minimum absolute atomic E-state index is 0.645. The van der Waals surface area contributed by atoms with Gasteiger partial charge < -0.3 is 0 Å². The first-order chi connectivity index (χ1) is 2.91. The second kappa shape index (κ2) is 4.85. The molecule has 0 aromatic heterocycles. The quantitative estimate of drug-likeness (QED) is 0.282.